The first-order valence-electron chi connectivity index (χ1n) is 11.4. The summed E-state index contributed by atoms with van der Waals surface area (Å²) in [4.78, 5) is 26.3. The third kappa shape index (κ3) is 7.30. The van der Waals surface area contributed by atoms with E-state index in [-0.39, 0.29) is 20.7 Å². The number of aryl methyl sites for hydroxylation is 3. The van der Waals surface area contributed by atoms with Crippen LogP contribution in [0.15, 0.2) is 12.1 Å². The summed E-state index contributed by atoms with van der Waals surface area (Å²) in [5.74, 6) is -0.337. The van der Waals surface area contributed by atoms with Gasteiger partial charge in [-0.1, -0.05) is 70.6 Å². The standard InChI is InChI=1S/C25H39O4P/c1-7-10-12-21(9-3)17-29-24(27)25(30-28,13-11-8-2)16-22(26)23-19(5)14-18(4)15-20(23)6/h14-15,21H,7-13,16-17H2,1-6H3. The topological polar surface area (TPSA) is 60.4 Å². The number of unbranched alkanes of at least 4 members (excludes halogenated alkanes) is 2. The molecule has 30 heavy (non-hydrogen) atoms. The highest BCUT2D eigenvalue weighted by molar-refractivity contribution is 7.28. The molecule has 4 nitrogen and oxygen atoms in total. The van der Waals surface area contributed by atoms with Crippen molar-refractivity contribution >= 4 is 20.2 Å². The Hall–Kier alpha value is -1.54. The minimum Gasteiger partial charge on any atom is -0.464 e. The van der Waals surface area contributed by atoms with Crippen LogP contribution in [0.4, 0.5) is 0 Å². The van der Waals surface area contributed by atoms with Gasteiger partial charge in [0, 0.05) is 12.0 Å². The summed E-state index contributed by atoms with van der Waals surface area (Å²) in [5.41, 5.74) is 3.51. The van der Waals surface area contributed by atoms with Crippen molar-refractivity contribution in [3.05, 3.63) is 34.4 Å². The predicted molar refractivity (Wildman–Crippen MR) is 124 cm³/mol. The highest BCUT2D eigenvalue weighted by atomic mass is 31.1. The summed E-state index contributed by atoms with van der Waals surface area (Å²) < 4.78 is 18.0. The molecule has 0 bridgehead atoms. The number of benzene rings is 1. The van der Waals surface area contributed by atoms with Crippen LogP contribution in [0.25, 0.3) is 0 Å². The molecule has 1 aromatic carbocycles. The molecule has 1 aromatic rings. The summed E-state index contributed by atoms with van der Waals surface area (Å²) in [6.45, 7) is 12.4. The van der Waals surface area contributed by atoms with Crippen LogP contribution in [-0.4, -0.2) is 23.5 Å². The predicted octanol–water partition coefficient (Wildman–Crippen LogP) is 7.16. The van der Waals surface area contributed by atoms with Crippen LogP contribution in [-0.2, 0) is 14.1 Å². The molecule has 0 saturated carbocycles. The van der Waals surface area contributed by atoms with Crippen LogP contribution in [0.1, 0.15) is 99.2 Å². The van der Waals surface area contributed by atoms with Gasteiger partial charge in [-0.05, 0) is 50.7 Å². The van der Waals surface area contributed by atoms with Crippen LogP contribution >= 0.6 is 8.46 Å². The van der Waals surface area contributed by atoms with Gasteiger partial charge in [-0.2, -0.15) is 0 Å². The summed E-state index contributed by atoms with van der Waals surface area (Å²) >= 11 is 0. The number of ether oxygens (including phenoxy) is 1. The van der Waals surface area contributed by atoms with Crippen molar-refractivity contribution in [2.24, 2.45) is 5.92 Å². The molecular formula is C25H39O4P. The molecule has 0 aliphatic rings. The van der Waals surface area contributed by atoms with Gasteiger partial charge in [0.05, 0.1) is 6.61 Å². The molecule has 0 amide bonds. The van der Waals surface area contributed by atoms with E-state index < -0.39 is 11.1 Å². The normalized spacial score (nSPS) is 14.3. The van der Waals surface area contributed by atoms with Crippen LogP contribution < -0.4 is 0 Å². The Morgan fingerprint density at radius 1 is 1.03 bits per heavy atom. The second-order valence-electron chi connectivity index (χ2n) is 8.62. The minimum atomic E-state index is -1.31. The Balaban J connectivity index is 3.08. The van der Waals surface area contributed by atoms with Crippen molar-refractivity contribution in [3.63, 3.8) is 0 Å². The Bertz CT molecular complexity index is 705. The van der Waals surface area contributed by atoms with E-state index in [1.807, 2.05) is 39.8 Å². The first-order valence-corrected chi connectivity index (χ1v) is 12.2. The molecule has 2 atom stereocenters. The van der Waals surface area contributed by atoms with E-state index in [2.05, 4.69) is 13.8 Å². The summed E-state index contributed by atoms with van der Waals surface area (Å²) in [6.07, 6.45) is 6.02. The van der Waals surface area contributed by atoms with Gasteiger partial charge in [-0.3, -0.25) is 14.2 Å². The van der Waals surface area contributed by atoms with Crippen molar-refractivity contribution in [2.45, 2.75) is 98.1 Å². The molecule has 0 heterocycles. The first kappa shape index (κ1) is 26.5. The van der Waals surface area contributed by atoms with Gasteiger partial charge >= 0.3 is 5.97 Å². The van der Waals surface area contributed by atoms with E-state index in [0.29, 0.717) is 24.5 Å². The van der Waals surface area contributed by atoms with Gasteiger partial charge in [0.2, 0.25) is 0 Å². The van der Waals surface area contributed by atoms with Crippen LogP contribution in [0.5, 0.6) is 0 Å². The number of rotatable bonds is 14. The molecule has 168 valence electrons. The van der Waals surface area contributed by atoms with Gasteiger partial charge < -0.3 is 4.74 Å². The third-order valence-electron chi connectivity index (χ3n) is 5.90. The highest BCUT2D eigenvalue weighted by Crippen LogP contribution is 2.37. The Morgan fingerprint density at radius 3 is 2.13 bits per heavy atom. The van der Waals surface area contributed by atoms with Gasteiger partial charge in [-0.15, -0.1) is 0 Å². The van der Waals surface area contributed by atoms with E-state index in [4.69, 9.17) is 4.74 Å². The maximum Gasteiger partial charge on any atom is 0.324 e. The quantitative estimate of drug-likeness (QED) is 0.177. The number of Topliss-reactive ketones (excluding diaryl/α,β-unsaturated/α-hetero) is 1. The molecule has 0 saturated heterocycles. The zero-order chi connectivity index (χ0) is 22.7. The number of esters is 1. The Labute approximate surface area is 184 Å². The van der Waals surface area contributed by atoms with Crippen LogP contribution in [0, 0.1) is 26.7 Å². The molecular weight excluding hydrogens is 395 g/mol. The monoisotopic (exact) mass is 434 g/mol. The lowest BCUT2D eigenvalue weighted by Crippen LogP contribution is -2.38. The molecule has 0 fully saturated rings. The molecule has 2 unspecified atom stereocenters. The fourth-order valence-corrected chi connectivity index (χ4v) is 4.64. The average molecular weight is 435 g/mol. The highest BCUT2D eigenvalue weighted by Gasteiger charge is 2.43. The number of hydrogen-bond donors (Lipinski definition) is 0. The van der Waals surface area contributed by atoms with Gasteiger partial charge in [0.1, 0.15) is 0 Å². The first-order chi connectivity index (χ1) is 14.2. The Morgan fingerprint density at radius 2 is 1.63 bits per heavy atom. The maximum absolute atomic E-state index is 13.2. The second kappa shape index (κ2) is 13.0. The van der Waals surface area contributed by atoms with Crippen molar-refractivity contribution in [1.82, 2.24) is 0 Å². The summed E-state index contributed by atoms with van der Waals surface area (Å²) in [5, 5.41) is -1.31. The molecule has 0 aromatic heterocycles. The Kier molecular flexibility index (Phi) is 11.5. The van der Waals surface area contributed by atoms with E-state index in [0.717, 1.165) is 55.2 Å². The number of carbonyl (C=O) groups is 2. The van der Waals surface area contributed by atoms with E-state index >= 15 is 0 Å². The van der Waals surface area contributed by atoms with Crippen molar-refractivity contribution in [3.8, 4) is 0 Å². The van der Waals surface area contributed by atoms with Crippen LogP contribution in [0.2, 0.25) is 0 Å². The van der Waals surface area contributed by atoms with Gasteiger partial charge in [0.15, 0.2) is 19.4 Å². The van der Waals surface area contributed by atoms with E-state index in [1.54, 1.807) is 0 Å². The lowest BCUT2D eigenvalue weighted by atomic mass is 9.88. The van der Waals surface area contributed by atoms with Crippen molar-refractivity contribution in [1.29, 1.82) is 0 Å². The van der Waals surface area contributed by atoms with Crippen LogP contribution in [0.3, 0.4) is 0 Å². The van der Waals surface area contributed by atoms with E-state index in [9.17, 15) is 14.2 Å². The fraction of sp³-hybridized carbons (Fsp3) is 0.680. The van der Waals surface area contributed by atoms with Gasteiger partial charge in [0.25, 0.3) is 0 Å². The van der Waals surface area contributed by atoms with Crippen molar-refractivity contribution in [2.75, 3.05) is 6.61 Å². The molecule has 1 rings (SSSR count). The zero-order valence-corrected chi connectivity index (χ0v) is 20.6. The average Bonchev–Trinajstić information content (AvgIpc) is 2.70. The summed E-state index contributed by atoms with van der Waals surface area (Å²) in [7, 11) is -0.334. The molecule has 0 spiro atoms. The summed E-state index contributed by atoms with van der Waals surface area (Å²) in [6, 6.07) is 3.95. The van der Waals surface area contributed by atoms with Gasteiger partial charge in [-0.25, -0.2) is 0 Å². The van der Waals surface area contributed by atoms with Crippen molar-refractivity contribution < 1.29 is 18.9 Å². The third-order valence-corrected chi connectivity index (χ3v) is 6.81. The lowest BCUT2D eigenvalue weighted by Gasteiger charge is -2.26. The number of hydrogen-bond acceptors (Lipinski definition) is 4. The lowest BCUT2D eigenvalue weighted by molar-refractivity contribution is -0.148. The largest absolute Gasteiger partial charge is 0.464 e. The fourth-order valence-electron chi connectivity index (χ4n) is 4.05. The zero-order valence-electron chi connectivity index (χ0n) is 19.7. The smallest absolute Gasteiger partial charge is 0.324 e. The van der Waals surface area contributed by atoms with E-state index in [1.165, 1.54) is 0 Å². The molecule has 0 aliphatic heterocycles. The second-order valence-corrected chi connectivity index (χ2v) is 9.65. The molecule has 0 N–H and O–H groups in total. The number of ketones is 1. The minimum absolute atomic E-state index is 0.0899. The SMILES string of the molecule is CCCCC(CC)COC(=O)C(CCCC)(CC(=O)c1c(C)cc(C)cc1C)P=O. The maximum atomic E-state index is 13.2. The molecule has 0 radical (unpaired) electrons. The molecule has 5 heteroatoms. The number of carbonyl (C=O) groups excluding carboxylic acids is 2. The molecule has 0 aliphatic carbocycles.